The van der Waals surface area contributed by atoms with Crippen molar-refractivity contribution in [1.29, 1.82) is 0 Å². The van der Waals surface area contributed by atoms with Crippen molar-refractivity contribution in [1.82, 2.24) is 0 Å². The molecule has 0 atom stereocenters. The summed E-state index contributed by atoms with van der Waals surface area (Å²) in [4.78, 5) is 0. The molecule has 16 heavy (non-hydrogen) atoms. The third-order valence-electron chi connectivity index (χ3n) is 4.56. The van der Waals surface area contributed by atoms with E-state index in [-0.39, 0.29) is 0 Å². The number of benzene rings is 1. The largest absolute Gasteiger partial charge is 0.0576 e. The lowest BCUT2D eigenvalue weighted by atomic mass is 9.62. The first-order chi connectivity index (χ1) is 7.80. The van der Waals surface area contributed by atoms with Crippen LogP contribution in [0.25, 0.3) is 0 Å². The van der Waals surface area contributed by atoms with Crippen LogP contribution in [-0.4, -0.2) is 0 Å². The van der Waals surface area contributed by atoms with Crippen molar-refractivity contribution < 1.29 is 0 Å². The molecule has 0 unspecified atom stereocenters. The maximum absolute atomic E-state index is 3.64. The Morgan fingerprint density at radius 1 is 0.938 bits per heavy atom. The van der Waals surface area contributed by atoms with Crippen LogP contribution in [0, 0.1) is 0 Å². The van der Waals surface area contributed by atoms with E-state index >= 15 is 0 Å². The van der Waals surface area contributed by atoms with E-state index in [9.17, 15) is 0 Å². The van der Waals surface area contributed by atoms with Crippen molar-refractivity contribution in [2.45, 2.75) is 56.8 Å². The van der Waals surface area contributed by atoms with Crippen molar-refractivity contribution in [2.75, 3.05) is 0 Å². The molecule has 0 nitrogen and oxygen atoms in total. The molecule has 1 aromatic carbocycles. The standard InChI is InChI=1S/C15H19Br/c16-13-7-6-12-5-4-10-15(14(12)11-13)8-2-1-3-9-15/h6-7,11H,1-5,8-10H2. The summed E-state index contributed by atoms with van der Waals surface area (Å²) in [5, 5.41) is 0. The van der Waals surface area contributed by atoms with Gasteiger partial charge in [0.1, 0.15) is 0 Å². The Kier molecular flexibility index (Phi) is 2.83. The molecule has 3 rings (SSSR count). The summed E-state index contributed by atoms with van der Waals surface area (Å²) in [6, 6.07) is 6.95. The Bertz CT molecular complexity index is 388. The quantitative estimate of drug-likeness (QED) is 0.627. The van der Waals surface area contributed by atoms with Gasteiger partial charge in [-0.15, -0.1) is 0 Å². The van der Waals surface area contributed by atoms with Crippen LogP contribution < -0.4 is 0 Å². The molecule has 0 bridgehead atoms. The van der Waals surface area contributed by atoms with Crippen molar-refractivity contribution in [3.63, 3.8) is 0 Å². The Labute approximate surface area is 107 Å². The number of halogens is 1. The summed E-state index contributed by atoms with van der Waals surface area (Å²) in [5.74, 6) is 0. The van der Waals surface area contributed by atoms with E-state index in [1.165, 1.54) is 55.8 Å². The van der Waals surface area contributed by atoms with Gasteiger partial charge in [0.2, 0.25) is 0 Å². The first-order valence-electron chi connectivity index (χ1n) is 6.59. The third-order valence-corrected chi connectivity index (χ3v) is 5.05. The lowest BCUT2D eigenvalue weighted by Gasteiger charge is -2.42. The number of fused-ring (bicyclic) bond motifs is 2. The van der Waals surface area contributed by atoms with Crippen LogP contribution in [0.15, 0.2) is 22.7 Å². The fraction of sp³-hybridized carbons (Fsp3) is 0.600. The molecule has 0 radical (unpaired) electrons. The predicted molar refractivity (Wildman–Crippen MR) is 71.8 cm³/mol. The fourth-order valence-electron chi connectivity index (χ4n) is 3.76. The lowest BCUT2D eigenvalue weighted by molar-refractivity contribution is 0.255. The average molecular weight is 279 g/mol. The van der Waals surface area contributed by atoms with Crippen molar-refractivity contribution in [3.05, 3.63) is 33.8 Å². The molecule has 1 saturated carbocycles. The molecule has 1 heteroatoms. The maximum atomic E-state index is 3.64. The number of hydrogen-bond acceptors (Lipinski definition) is 0. The topological polar surface area (TPSA) is 0 Å². The predicted octanol–water partition coefficient (Wildman–Crippen LogP) is 4.99. The Hall–Kier alpha value is -0.300. The van der Waals surface area contributed by atoms with E-state index in [0.717, 1.165) is 0 Å². The van der Waals surface area contributed by atoms with Crippen molar-refractivity contribution in [2.24, 2.45) is 0 Å². The van der Waals surface area contributed by atoms with Crippen molar-refractivity contribution >= 4 is 15.9 Å². The highest BCUT2D eigenvalue weighted by molar-refractivity contribution is 9.10. The number of aryl methyl sites for hydroxylation is 1. The lowest BCUT2D eigenvalue weighted by Crippen LogP contribution is -2.33. The van der Waals surface area contributed by atoms with Crippen LogP contribution in [0.4, 0.5) is 0 Å². The fourth-order valence-corrected chi connectivity index (χ4v) is 4.12. The van der Waals surface area contributed by atoms with Crippen LogP contribution in [0.2, 0.25) is 0 Å². The van der Waals surface area contributed by atoms with Gasteiger partial charge >= 0.3 is 0 Å². The smallest absolute Gasteiger partial charge is 0.0178 e. The van der Waals surface area contributed by atoms with E-state index in [1.54, 1.807) is 11.1 Å². The second-order valence-electron chi connectivity index (χ2n) is 5.50. The molecule has 2 aliphatic rings. The van der Waals surface area contributed by atoms with Gasteiger partial charge in [0, 0.05) is 4.47 Å². The van der Waals surface area contributed by atoms with Gasteiger partial charge < -0.3 is 0 Å². The molecule has 0 amide bonds. The van der Waals surface area contributed by atoms with E-state index in [2.05, 4.69) is 34.1 Å². The van der Waals surface area contributed by atoms with Gasteiger partial charge in [-0.25, -0.2) is 0 Å². The molecule has 86 valence electrons. The summed E-state index contributed by atoms with van der Waals surface area (Å²) in [6.07, 6.45) is 11.3. The zero-order valence-electron chi connectivity index (χ0n) is 9.77. The average Bonchev–Trinajstić information content (AvgIpc) is 2.32. The normalized spacial score (nSPS) is 23.1. The van der Waals surface area contributed by atoms with Crippen molar-refractivity contribution in [3.8, 4) is 0 Å². The van der Waals surface area contributed by atoms with E-state index < -0.39 is 0 Å². The highest BCUT2D eigenvalue weighted by atomic mass is 79.9. The van der Waals surface area contributed by atoms with Gasteiger partial charge in [-0.05, 0) is 60.8 Å². The van der Waals surface area contributed by atoms with Crippen LogP contribution in [0.5, 0.6) is 0 Å². The Morgan fingerprint density at radius 2 is 1.69 bits per heavy atom. The molecule has 1 aromatic rings. The minimum Gasteiger partial charge on any atom is -0.0576 e. The minimum atomic E-state index is 0.551. The molecule has 2 aliphatic carbocycles. The highest BCUT2D eigenvalue weighted by Crippen LogP contribution is 2.47. The maximum Gasteiger partial charge on any atom is 0.0178 e. The monoisotopic (exact) mass is 278 g/mol. The molecule has 0 heterocycles. The zero-order valence-corrected chi connectivity index (χ0v) is 11.4. The summed E-state index contributed by atoms with van der Waals surface area (Å²) < 4.78 is 1.26. The zero-order chi connectivity index (χ0) is 11.0. The van der Waals surface area contributed by atoms with Crippen LogP contribution in [0.3, 0.4) is 0 Å². The summed E-state index contributed by atoms with van der Waals surface area (Å²) in [6.45, 7) is 0. The Morgan fingerprint density at radius 3 is 2.50 bits per heavy atom. The molecule has 1 fully saturated rings. The van der Waals surface area contributed by atoms with Crippen LogP contribution in [-0.2, 0) is 11.8 Å². The van der Waals surface area contributed by atoms with Crippen LogP contribution in [0.1, 0.15) is 56.1 Å². The first kappa shape index (κ1) is 10.8. The van der Waals surface area contributed by atoms with Gasteiger partial charge in [0.25, 0.3) is 0 Å². The molecular formula is C15H19Br. The van der Waals surface area contributed by atoms with E-state index in [0.29, 0.717) is 5.41 Å². The van der Waals surface area contributed by atoms with Crippen LogP contribution >= 0.6 is 15.9 Å². The van der Waals surface area contributed by atoms with Gasteiger partial charge in [-0.1, -0.05) is 41.3 Å². The number of rotatable bonds is 0. The van der Waals surface area contributed by atoms with E-state index in [4.69, 9.17) is 0 Å². The Balaban J connectivity index is 2.06. The summed E-state index contributed by atoms with van der Waals surface area (Å²) in [5.41, 5.74) is 3.85. The second kappa shape index (κ2) is 4.18. The van der Waals surface area contributed by atoms with Gasteiger partial charge in [0.15, 0.2) is 0 Å². The molecule has 1 spiro atoms. The molecular weight excluding hydrogens is 260 g/mol. The summed E-state index contributed by atoms with van der Waals surface area (Å²) >= 11 is 3.64. The minimum absolute atomic E-state index is 0.551. The molecule has 0 aromatic heterocycles. The molecule has 0 aliphatic heterocycles. The molecule has 0 saturated heterocycles. The van der Waals surface area contributed by atoms with Gasteiger partial charge in [-0.3, -0.25) is 0 Å². The number of hydrogen-bond donors (Lipinski definition) is 0. The summed E-state index contributed by atoms with van der Waals surface area (Å²) in [7, 11) is 0. The van der Waals surface area contributed by atoms with E-state index in [1.807, 2.05) is 0 Å². The van der Waals surface area contributed by atoms with Gasteiger partial charge in [-0.2, -0.15) is 0 Å². The van der Waals surface area contributed by atoms with Gasteiger partial charge in [0.05, 0.1) is 0 Å². The SMILES string of the molecule is Brc1ccc2c(c1)C1(CCCCC1)CCC2. The second-order valence-corrected chi connectivity index (χ2v) is 6.41. The third kappa shape index (κ3) is 1.73. The highest BCUT2D eigenvalue weighted by Gasteiger charge is 2.37. The first-order valence-corrected chi connectivity index (χ1v) is 7.38. The molecule has 0 N–H and O–H groups in total.